The van der Waals surface area contributed by atoms with Gasteiger partial charge in [0.1, 0.15) is 5.75 Å². The molecule has 15 heavy (non-hydrogen) atoms. The molecule has 0 atom stereocenters. The minimum atomic E-state index is -1.14. The highest BCUT2D eigenvalue weighted by molar-refractivity contribution is 5.68. The third-order valence-electron chi connectivity index (χ3n) is 1.61. The van der Waals surface area contributed by atoms with E-state index in [2.05, 4.69) is 0 Å². The predicted octanol–water partition coefficient (Wildman–Crippen LogP) is 0.570. The predicted molar refractivity (Wildman–Crippen MR) is 49.5 cm³/mol. The van der Waals surface area contributed by atoms with Crippen LogP contribution in [0.4, 0.5) is 0 Å². The van der Waals surface area contributed by atoms with Crippen molar-refractivity contribution in [3.63, 3.8) is 0 Å². The third kappa shape index (κ3) is 2.67. The van der Waals surface area contributed by atoms with Crippen LogP contribution in [-0.4, -0.2) is 35.0 Å². The summed E-state index contributed by atoms with van der Waals surface area (Å²) in [5.41, 5.74) is 0. The minimum absolute atomic E-state index is 0.00962. The number of carboxylic acid groups (broad SMARTS) is 1. The third-order valence-corrected chi connectivity index (χ3v) is 1.61. The zero-order chi connectivity index (χ0) is 11.4. The van der Waals surface area contributed by atoms with Gasteiger partial charge in [0.05, 0.1) is 7.11 Å². The van der Waals surface area contributed by atoms with Gasteiger partial charge in [-0.1, -0.05) is 0 Å². The second-order valence-electron chi connectivity index (χ2n) is 2.68. The van der Waals surface area contributed by atoms with Crippen molar-refractivity contribution >= 4 is 5.97 Å². The summed E-state index contributed by atoms with van der Waals surface area (Å²) >= 11 is 0. The van der Waals surface area contributed by atoms with Gasteiger partial charge in [0.15, 0.2) is 18.1 Å². The molecule has 0 amide bonds. The standard InChI is InChI=1S/C9H10O6/c1-14-7-3-5(15-4-8(11)12)2-6(10)9(7)13/h2-3,10,13H,4H2,1H3,(H,11,12). The van der Waals surface area contributed by atoms with Gasteiger partial charge in [-0.2, -0.15) is 0 Å². The van der Waals surface area contributed by atoms with E-state index in [4.69, 9.17) is 14.6 Å². The van der Waals surface area contributed by atoms with Crippen LogP contribution in [0, 0.1) is 0 Å². The number of hydrogen-bond donors (Lipinski definition) is 3. The van der Waals surface area contributed by atoms with Gasteiger partial charge in [-0.3, -0.25) is 0 Å². The molecule has 1 aromatic carbocycles. The Morgan fingerprint density at radius 3 is 2.60 bits per heavy atom. The van der Waals surface area contributed by atoms with Crippen LogP contribution in [0.5, 0.6) is 23.0 Å². The SMILES string of the molecule is COc1cc(OCC(=O)O)cc(O)c1O. The van der Waals surface area contributed by atoms with Crippen molar-refractivity contribution in [1.82, 2.24) is 0 Å². The Hall–Kier alpha value is -2.11. The number of carbonyl (C=O) groups is 1. The summed E-state index contributed by atoms with van der Waals surface area (Å²) in [4.78, 5) is 10.2. The topological polar surface area (TPSA) is 96.2 Å². The van der Waals surface area contributed by atoms with Gasteiger partial charge in [0.25, 0.3) is 0 Å². The zero-order valence-electron chi connectivity index (χ0n) is 7.93. The van der Waals surface area contributed by atoms with E-state index in [-0.39, 0.29) is 11.5 Å². The molecule has 0 unspecified atom stereocenters. The summed E-state index contributed by atoms with van der Waals surface area (Å²) < 4.78 is 9.53. The van der Waals surface area contributed by atoms with Gasteiger partial charge in [-0.05, 0) is 0 Å². The molecule has 0 aliphatic heterocycles. The maximum absolute atomic E-state index is 10.2. The fourth-order valence-electron chi connectivity index (χ4n) is 0.953. The molecule has 0 spiro atoms. The van der Waals surface area contributed by atoms with Crippen LogP contribution in [0.3, 0.4) is 0 Å². The lowest BCUT2D eigenvalue weighted by Gasteiger charge is -2.08. The molecule has 0 aliphatic rings. The van der Waals surface area contributed by atoms with E-state index in [0.717, 1.165) is 6.07 Å². The Morgan fingerprint density at radius 1 is 1.40 bits per heavy atom. The Bertz CT molecular complexity index is 373. The first-order valence-electron chi connectivity index (χ1n) is 3.99. The molecule has 6 heteroatoms. The van der Waals surface area contributed by atoms with E-state index < -0.39 is 24.1 Å². The van der Waals surface area contributed by atoms with Crippen molar-refractivity contribution in [2.45, 2.75) is 0 Å². The fourth-order valence-corrected chi connectivity index (χ4v) is 0.953. The molecule has 0 aliphatic carbocycles. The highest BCUT2D eigenvalue weighted by Crippen LogP contribution is 2.38. The number of benzene rings is 1. The van der Waals surface area contributed by atoms with E-state index in [1.54, 1.807) is 0 Å². The number of phenols is 2. The number of hydrogen-bond acceptors (Lipinski definition) is 5. The molecule has 3 N–H and O–H groups in total. The van der Waals surface area contributed by atoms with Gasteiger partial charge < -0.3 is 24.8 Å². The zero-order valence-corrected chi connectivity index (χ0v) is 7.93. The molecule has 0 aromatic heterocycles. The van der Waals surface area contributed by atoms with Crippen LogP contribution in [-0.2, 0) is 4.79 Å². The molecule has 6 nitrogen and oxygen atoms in total. The van der Waals surface area contributed by atoms with Crippen LogP contribution in [0.2, 0.25) is 0 Å². The average Bonchev–Trinajstić information content (AvgIpc) is 2.19. The molecular weight excluding hydrogens is 204 g/mol. The quantitative estimate of drug-likeness (QED) is 0.634. The summed E-state index contributed by atoms with van der Waals surface area (Å²) in [7, 11) is 1.30. The van der Waals surface area contributed by atoms with Gasteiger partial charge in [-0.15, -0.1) is 0 Å². The molecule has 0 heterocycles. The molecule has 1 aromatic rings. The first-order chi connectivity index (χ1) is 7.04. The van der Waals surface area contributed by atoms with Crippen molar-refractivity contribution in [3.8, 4) is 23.0 Å². The summed E-state index contributed by atoms with van der Waals surface area (Å²) in [6.07, 6.45) is 0. The van der Waals surface area contributed by atoms with Crippen molar-refractivity contribution in [2.24, 2.45) is 0 Å². The number of rotatable bonds is 4. The van der Waals surface area contributed by atoms with Crippen molar-refractivity contribution in [3.05, 3.63) is 12.1 Å². The van der Waals surface area contributed by atoms with Crippen molar-refractivity contribution in [1.29, 1.82) is 0 Å². The second-order valence-corrected chi connectivity index (χ2v) is 2.68. The largest absolute Gasteiger partial charge is 0.504 e. The summed E-state index contributed by atoms with van der Waals surface area (Å²) in [6.45, 7) is -0.534. The first-order valence-corrected chi connectivity index (χ1v) is 3.99. The lowest BCUT2D eigenvalue weighted by Crippen LogP contribution is -2.09. The molecular formula is C9H10O6. The smallest absolute Gasteiger partial charge is 0.341 e. The van der Waals surface area contributed by atoms with Gasteiger partial charge in [0, 0.05) is 12.1 Å². The van der Waals surface area contributed by atoms with Crippen LogP contribution < -0.4 is 9.47 Å². The summed E-state index contributed by atoms with van der Waals surface area (Å²) in [6, 6.07) is 2.37. The number of aromatic hydroxyl groups is 2. The van der Waals surface area contributed by atoms with Crippen LogP contribution in [0.25, 0.3) is 0 Å². The van der Waals surface area contributed by atoms with E-state index in [1.807, 2.05) is 0 Å². The normalized spacial score (nSPS) is 9.67. The van der Waals surface area contributed by atoms with Crippen molar-refractivity contribution in [2.75, 3.05) is 13.7 Å². The Labute approximate surface area is 85.3 Å². The lowest BCUT2D eigenvalue weighted by molar-refractivity contribution is -0.139. The highest BCUT2D eigenvalue weighted by Gasteiger charge is 2.11. The fraction of sp³-hybridized carbons (Fsp3) is 0.222. The van der Waals surface area contributed by atoms with E-state index in [9.17, 15) is 15.0 Å². The van der Waals surface area contributed by atoms with Gasteiger partial charge in [-0.25, -0.2) is 4.79 Å². The number of ether oxygens (including phenoxy) is 2. The van der Waals surface area contributed by atoms with E-state index in [0.29, 0.717) is 0 Å². The van der Waals surface area contributed by atoms with Crippen LogP contribution >= 0.6 is 0 Å². The molecule has 82 valence electrons. The maximum atomic E-state index is 10.2. The number of methoxy groups -OCH3 is 1. The van der Waals surface area contributed by atoms with Crippen LogP contribution in [0.1, 0.15) is 0 Å². The molecule has 1 rings (SSSR count). The molecule has 0 bridgehead atoms. The Balaban J connectivity index is 2.90. The molecule has 0 fully saturated rings. The van der Waals surface area contributed by atoms with Crippen molar-refractivity contribution < 1.29 is 29.6 Å². The number of carboxylic acids is 1. The Kier molecular flexibility index (Phi) is 3.22. The number of aliphatic carboxylic acids is 1. The molecule has 0 saturated carbocycles. The van der Waals surface area contributed by atoms with E-state index >= 15 is 0 Å². The van der Waals surface area contributed by atoms with E-state index in [1.165, 1.54) is 13.2 Å². The minimum Gasteiger partial charge on any atom is -0.504 e. The van der Waals surface area contributed by atoms with Gasteiger partial charge >= 0.3 is 5.97 Å². The summed E-state index contributed by atoms with van der Waals surface area (Å²) in [5, 5.41) is 26.8. The lowest BCUT2D eigenvalue weighted by atomic mass is 10.3. The molecule has 0 saturated heterocycles. The Morgan fingerprint density at radius 2 is 2.07 bits per heavy atom. The second kappa shape index (κ2) is 4.41. The van der Waals surface area contributed by atoms with Gasteiger partial charge in [0.2, 0.25) is 5.75 Å². The first kappa shape index (κ1) is 11.0. The molecule has 0 radical (unpaired) electrons. The average molecular weight is 214 g/mol. The highest BCUT2D eigenvalue weighted by atomic mass is 16.5. The number of phenolic OH excluding ortho intramolecular Hbond substituents is 2. The monoisotopic (exact) mass is 214 g/mol. The maximum Gasteiger partial charge on any atom is 0.341 e. The van der Waals surface area contributed by atoms with Crippen LogP contribution in [0.15, 0.2) is 12.1 Å². The summed E-state index contributed by atoms with van der Waals surface area (Å²) in [5.74, 6) is -1.88.